The quantitative estimate of drug-likeness (QED) is 0.790. The number of rotatable bonds is 6. The second kappa shape index (κ2) is 9.21. The Kier molecular flexibility index (Phi) is 6.47. The maximum absolute atomic E-state index is 11.8. The van der Waals surface area contributed by atoms with E-state index in [-0.39, 0.29) is 18.4 Å². The Labute approximate surface area is 159 Å². The molecule has 1 amide bonds. The minimum atomic E-state index is -0.702. The van der Waals surface area contributed by atoms with Gasteiger partial charge in [0.1, 0.15) is 6.61 Å². The predicted molar refractivity (Wildman–Crippen MR) is 102 cm³/mol. The van der Waals surface area contributed by atoms with Crippen molar-refractivity contribution in [2.75, 3.05) is 0 Å². The van der Waals surface area contributed by atoms with Gasteiger partial charge in [0.05, 0.1) is 5.92 Å². The van der Waals surface area contributed by atoms with Gasteiger partial charge in [-0.2, -0.15) is 0 Å². The van der Waals surface area contributed by atoms with Gasteiger partial charge in [0.2, 0.25) is 0 Å². The SMILES string of the molecule is O=C(NCc1ccc(C2CCCCC2C(=O)O)cc1)OCc1ccccc1. The lowest BCUT2D eigenvalue weighted by atomic mass is 9.75. The Morgan fingerprint density at radius 2 is 1.67 bits per heavy atom. The summed E-state index contributed by atoms with van der Waals surface area (Å²) < 4.78 is 5.19. The second-order valence-corrected chi connectivity index (χ2v) is 6.99. The molecule has 0 saturated heterocycles. The van der Waals surface area contributed by atoms with Crippen molar-refractivity contribution >= 4 is 12.1 Å². The van der Waals surface area contributed by atoms with Crippen LogP contribution in [0.2, 0.25) is 0 Å². The molecule has 2 aromatic rings. The van der Waals surface area contributed by atoms with Gasteiger partial charge in [0, 0.05) is 6.54 Å². The molecule has 0 aromatic heterocycles. The largest absolute Gasteiger partial charge is 0.481 e. The molecule has 1 fully saturated rings. The Hall–Kier alpha value is -2.82. The van der Waals surface area contributed by atoms with Crippen molar-refractivity contribution in [3.8, 4) is 0 Å². The number of aliphatic carboxylic acids is 1. The molecule has 1 aliphatic rings. The summed E-state index contributed by atoms with van der Waals surface area (Å²) in [5.74, 6) is -0.920. The summed E-state index contributed by atoms with van der Waals surface area (Å²) >= 11 is 0. The van der Waals surface area contributed by atoms with Crippen LogP contribution in [-0.4, -0.2) is 17.2 Å². The lowest BCUT2D eigenvalue weighted by Crippen LogP contribution is -2.25. The number of nitrogens with one attached hydrogen (secondary N) is 1. The summed E-state index contributed by atoms with van der Waals surface area (Å²) in [6, 6.07) is 17.4. The summed E-state index contributed by atoms with van der Waals surface area (Å²) in [7, 11) is 0. The van der Waals surface area contributed by atoms with Gasteiger partial charge in [-0.25, -0.2) is 4.79 Å². The van der Waals surface area contributed by atoms with E-state index in [0.29, 0.717) is 6.54 Å². The number of carboxylic acid groups (broad SMARTS) is 1. The van der Waals surface area contributed by atoms with Gasteiger partial charge in [-0.05, 0) is 35.4 Å². The average Bonchev–Trinajstić information content (AvgIpc) is 2.72. The molecule has 27 heavy (non-hydrogen) atoms. The van der Waals surface area contributed by atoms with Crippen LogP contribution in [0, 0.1) is 5.92 Å². The van der Waals surface area contributed by atoms with Crippen LogP contribution in [0.5, 0.6) is 0 Å². The van der Waals surface area contributed by atoms with Gasteiger partial charge >= 0.3 is 12.1 Å². The van der Waals surface area contributed by atoms with Crippen molar-refractivity contribution in [1.29, 1.82) is 0 Å². The second-order valence-electron chi connectivity index (χ2n) is 6.99. The van der Waals surface area contributed by atoms with Crippen molar-refractivity contribution in [3.05, 3.63) is 71.3 Å². The van der Waals surface area contributed by atoms with E-state index >= 15 is 0 Å². The molecule has 3 rings (SSSR count). The van der Waals surface area contributed by atoms with E-state index in [1.54, 1.807) is 0 Å². The molecule has 0 bridgehead atoms. The third kappa shape index (κ3) is 5.33. The van der Waals surface area contributed by atoms with E-state index in [4.69, 9.17) is 4.74 Å². The lowest BCUT2D eigenvalue weighted by molar-refractivity contribution is -0.143. The van der Waals surface area contributed by atoms with E-state index in [0.717, 1.165) is 42.4 Å². The average molecular weight is 367 g/mol. The first-order chi connectivity index (χ1) is 13.1. The number of hydrogen-bond donors (Lipinski definition) is 2. The number of carboxylic acids is 1. The topological polar surface area (TPSA) is 75.6 Å². The highest BCUT2D eigenvalue weighted by Gasteiger charge is 2.31. The number of carbonyl (C=O) groups excluding carboxylic acids is 1. The van der Waals surface area contributed by atoms with Crippen molar-refractivity contribution < 1.29 is 19.4 Å². The summed E-state index contributed by atoms with van der Waals surface area (Å²) in [5.41, 5.74) is 2.97. The van der Waals surface area contributed by atoms with Crippen LogP contribution in [0.15, 0.2) is 54.6 Å². The van der Waals surface area contributed by atoms with Crippen molar-refractivity contribution in [2.24, 2.45) is 5.92 Å². The number of benzene rings is 2. The summed E-state index contributed by atoms with van der Waals surface area (Å²) in [6.45, 7) is 0.616. The van der Waals surface area contributed by atoms with E-state index in [2.05, 4.69) is 5.32 Å². The maximum atomic E-state index is 11.8. The normalized spacial score (nSPS) is 19.3. The molecule has 5 heteroatoms. The minimum absolute atomic E-state index is 0.0779. The van der Waals surface area contributed by atoms with Crippen LogP contribution in [0.25, 0.3) is 0 Å². The standard InChI is InChI=1S/C22H25NO4/c24-21(25)20-9-5-4-8-19(20)18-12-10-16(11-13-18)14-23-22(26)27-15-17-6-2-1-3-7-17/h1-3,6-7,10-13,19-20H,4-5,8-9,14-15H2,(H,23,26)(H,24,25). The number of amides is 1. The molecule has 2 N–H and O–H groups in total. The number of carbonyl (C=O) groups is 2. The first-order valence-electron chi connectivity index (χ1n) is 9.39. The van der Waals surface area contributed by atoms with Crippen LogP contribution < -0.4 is 5.32 Å². The first-order valence-corrected chi connectivity index (χ1v) is 9.39. The highest BCUT2D eigenvalue weighted by Crippen LogP contribution is 2.37. The van der Waals surface area contributed by atoms with Crippen LogP contribution in [-0.2, 0) is 22.7 Å². The third-order valence-electron chi connectivity index (χ3n) is 5.14. The molecule has 142 valence electrons. The molecular weight excluding hydrogens is 342 g/mol. The molecule has 0 heterocycles. The van der Waals surface area contributed by atoms with E-state index in [1.807, 2.05) is 54.6 Å². The molecule has 1 aliphatic carbocycles. The van der Waals surface area contributed by atoms with Crippen LogP contribution in [0.1, 0.15) is 48.3 Å². The molecule has 1 saturated carbocycles. The van der Waals surface area contributed by atoms with E-state index in [1.165, 1.54) is 0 Å². The molecule has 0 spiro atoms. The predicted octanol–water partition coefficient (Wildman–Crippen LogP) is 4.47. The van der Waals surface area contributed by atoms with E-state index < -0.39 is 12.1 Å². The zero-order chi connectivity index (χ0) is 19.1. The van der Waals surface area contributed by atoms with Gasteiger partial charge in [-0.1, -0.05) is 67.4 Å². The zero-order valence-electron chi connectivity index (χ0n) is 15.3. The fourth-order valence-electron chi connectivity index (χ4n) is 3.66. The van der Waals surface area contributed by atoms with Gasteiger partial charge < -0.3 is 15.2 Å². The lowest BCUT2D eigenvalue weighted by Gasteiger charge is -2.29. The fraction of sp³-hybridized carbons (Fsp3) is 0.364. The van der Waals surface area contributed by atoms with Gasteiger partial charge in [-0.15, -0.1) is 0 Å². The van der Waals surface area contributed by atoms with Crippen LogP contribution in [0.4, 0.5) is 4.79 Å². The summed E-state index contributed by atoms with van der Waals surface area (Å²) in [4.78, 5) is 23.3. The number of alkyl carbamates (subject to hydrolysis) is 1. The minimum Gasteiger partial charge on any atom is -0.481 e. The Morgan fingerprint density at radius 1 is 0.963 bits per heavy atom. The van der Waals surface area contributed by atoms with Crippen molar-refractivity contribution in [3.63, 3.8) is 0 Å². The smallest absolute Gasteiger partial charge is 0.407 e. The van der Waals surface area contributed by atoms with Gasteiger partial charge in [-0.3, -0.25) is 4.79 Å². The molecule has 2 aromatic carbocycles. The van der Waals surface area contributed by atoms with Gasteiger partial charge in [0.15, 0.2) is 0 Å². The number of hydrogen-bond acceptors (Lipinski definition) is 3. The first kappa shape index (κ1) is 19.0. The number of ether oxygens (including phenoxy) is 1. The molecule has 0 radical (unpaired) electrons. The fourth-order valence-corrected chi connectivity index (χ4v) is 3.66. The van der Waals surface area contributed by atoms with Crippen molar-refractivity contribution in [1.82, 2.24) is 5.32 Å². The van der Waals surface area contributed by atoms with Crippen LogP contribution in [0.3, 0.4) is 0 Å². The highest BCUT2D eigenvalue weighted by molar-refractivity contribution is 5.71. The Morgan fingerprint density at radius 3 is 2.37 bits per heavy atom. The Balaban J connectivity index is 1.50. The molecule has 5 nitrogen and oxygen atoms in total. The monoisotopic (exact) mass is 367 g/mol. The molecular formula is C22H25NO4. The van der Waals surface area contributed by atoms with Crippen LogP contribution >= 0.6 is 0 Å². The third-order valence-corrected chi connectivity index (χ3v) is 5.14. The molecule has 0 aliphatic heterocycles. The summed E-state index contributed by atoms with van der Waals surface area (Å²) in [6.07, 6.45) is 3.27. The highest BCUT2D eigenvalue weighted by atomic mass is 16.5. The Bertz CT molecular complexity index is 758. The van der Waals surface area contributed by atoms with E-state index in [9.17, 15) is 14.7 Å². The zero-order valence-corrected chi connectivity index (χ0v) is 15.3. The van der Waals surface area contributed by atoms with Gasteiger partial charge in [0.25, 0.3) is 0 Å². The molecule has 2 atom stereocenters. The summed E-state index contributed by atoms with van der Waals surface area (Å²) in [5, 5.41) is 12.2. The van der Waals surface area contributed by atoms with Crippen molar-refractivity contribution in [2.45, 2.75) is 44.8 Å². The molecule has 2 unspecified atom stereocenters. The maximum Gasteiger partial charge on any atom is 0.407 e.